The van der Waals surface area contributed by atoms with Gasteiger partial charge in [0.15, 0.2) is 0 Å². The Morgan fingerprint density at radius 1 is 1.00 bits per heavy atom. The summed E-state index contributed by atoms with van der Waals surface area (Å²) in [6.07, 6.45) is 10.9. The number of rotatable bonds is 13. The van der Waals surface area contributed by atoms with Crippen molar-refractivity contribution in [3.8, 4) is 0 Å². The molecule has 0 bridgehead atoms. The first-order chi connectivity index (χ1) is 9.88. The van der Waals surface area contributed by atoms with E-state index in [2.05, 4.69) is 6.92 Å². The SMILES string of the molecule is CCCCCCCCCCCC(=O)OCC(C)S(=O)(=O)O. The topological polar surface area (TPSA) is 80.7 Å². The highest BCUT2D eigenvalue weighted by Crippen LogP contribution is 2.11. The molecule has 1 unspecified atom stereocenters. The molecule has 0 radical (unpaired) electrons. The van der Waals surface area contributed by atoms with Crippen LogP contribution < -0.4 is 0 Å². The summed E-state index contributed by atoms with van der Waals surface area (Å²) in [5, 5.41) is -1.07. The smallest absolute Gasteiger partial charge is 0.305 e. The van der Waals surface area contributed by atoms with Crippen LogP contribution in [0.5, 0.6) is 0 Å². The molecule has 0 saturated carbocycles. The van der Waals surface area contributed by atoms with Crippen LogP contribution in [0.25, 0.3) is 0 Å². The maximum absolute atomic E-state index is 11.4. The summed E-state index contributed by atoms with van der Waals surface area (Å²) in [4.78, 5) is 11.4. The summed E-state index contributed by atoms with van der Waals surface area (Å²) < 4.78 is 35.0. The fourth-order valence-electron chi connectivity index (χ4n) is 1.95. The second-order valence-corrected chi connectivity index (χ2v) is 7.42. The number of hydrogen-bond donors (Lipinski definition) is 1. The van der Waals surface area contributed by atoms with Gasteiger partial charge < -0.3 is 4.74 Å². The van der Waals surface area contributed by atoms with Crippen molar-refractivity contribution >= 4 is 16.1 Å². The molecule has 6 heteroatoms. The van der Waals surface area contributed by atoms with Crippen LogP contribution in [-0.4, -0.2) is 30.8 Å². The van der Waals surface area contributed by atoms with Gasteiger partial charge in [0.2, 0.25) is 0 Å². The Labute approximate surface area is 129 Å². The van der Waals surface area contributed by atoms with Gasteiger partial charge in [0.1, 0.15) is 11.9 Å². The van der Waals surface area contributed by atoms with Crippen molar-refractivity contribution in [3.05, 3.63) is 0 Å². The fourth-order valence-corrected chi connectivity index (χ4v) is 2.19. The van der Waals surface area contributed by atoms with E-state index >= 15 is 0 Å². The number of carbonyl (C=O) groups excluding carboxylic acids is 1. The number of hydrogen-bond acceptors (Lipinski definition) is 4. The Kier molecular flexibility index (Phi) is 11.6. The first kappa shape index (κ1) is 20.4. The monoisotopic (exact) mass is 322 g/mol. The van der Waals surface area contributed by atoms with E-state index in [9.17, 15) is 13.2 Å². The molecule has 5 nitrogen and oxygen atoms in total. The molecule has 0 saturated heterocycles. The molecule has 0 aliphatic carbocycles. The van der Waals surface area contributed by atoms with Crippen LogP contribution >= 0.6 is 0 Å². The summed E-state index contributed by atoms with van der Waals surface area (Å²) in [6, 6.07) is 0. The molecule has 0 heterocycles. The van der Waals surface area contributed by atoms with Crippen molar-refractivity contribution in [2.45, 2.75) is 83.3 Å². The highest BCUT2D eigenvalue weighted by Gasteiger charge is 2.18. The Balaban J connectivity index is 3.42. The van der Waals surface area contributed by atoms with E-state index in [-0.39, 0.29) is 6.61 Å². The summed E-state index contributed by atoms with van der Waals surface area (Å²) in [5.41, 5.74) is 0. The largest absolute Gasteiger partial charge is 0.464 e. The molecular formula is C15H30O5S. The van der Waals surface area contributed by atoms with Crippen molar-refractivity contribution in [3.63, 3.8) is 0 Å². The number of unbranched alkanes of at least 4 members (excludes halogenated alkanes) is 8. The predicted molar refractivity (Wildman–Crippen MR) is 83.8 cm³/mol. The van der Waals surface area contributed by atoms with E-state index in [1.807, 2.05) is 0 Å². The first-order valence-electron chi connectivity index (χ1n) is 7.99. The van der Waals surface area contributed by atoms with Crippen LogP contribution in [0.2, 0.25) is 0 Å². The van der Waals surface area contributed by atoms with Crippen molar-refractivity contribution in [2.24, 2.45) is 0 Å². The predicted octanol–water partition coefficient (Wildman–Crippen LogP) is 3.73. The van der Waals surface area contributed by atoms with E-state index in [4.69, 9.17) is 9.29 Å². The maximum atomic E-state index is 11.4. The molecular weight excluding hydrogens is 292 g/mol. The normalized spacial score (nSPS) is 13.1. The average molecular weight is 322 g/mol. The van der Waals surface area contributed by atoms with Crippen LogP contribution in [0.4, 0.5) is 0 Å². The van der Waals surface area contributed by atoms with Gasteiger partial charge >= 0.3 is 5.97 Å². The Hall–Kier alpha value is -0.620. The quantitative estimate of drug-likeness (QED) is 0.317. The van der Waals surface area contributed by atoms with Crippen LogP contribution in [0.3, 0.4) is 0 Å². The van der Waals surface area contributed by atoms with Gasteiger partial charge in [-0.05, 0) is 13.3 Å². The molecule has 0 rings (SSSR count). The van der Waals surface area contributed by atoms with Crippen molar-refractivity contribution in [2.75, 3.05) is 6.61 Å². The van der Waals surface area contributed by atoms with E-state index in [1.54, 1.807) is 0 Å². The van der Waals surface area contributed by atoms with Gasteiger partial charge in [-0.25, -0.2) is 0 Å². The zero-order valence-corrected chi connectivity index (χ0v) is 14.2. The van der Waals surface area contributed by atoms with E-state index in [0.29, 0.717) is 6.42 Å². The summed E-state index contributed by atoms with van der Waals surface area (Å²) in [6.45, 7) is 3.23. The third-order valence-electron chi connectivity index (χ3n) is 3.47. The van der Waals surface area contributed by atoms with Gasteiger partial charge in [-0.3, -0.25) is 9.35 Å². The molecule has 21 heavy (non-hydrogen) atoms. The Morgan fingerprint density at radius 3 is 1.95 bits per heavy atom. The average Bonchev–Trinajstić information content (AvgIpc) is 2.41. The number of ether oxygens (including phenoxy) is 1. The van der Waals surface area contributed by atoms with E-state index in [0.717, 1.165) is 19.3 Å². The lowest BCUT2D eigenvalue weighted by Crippen LogP contribution is -2.24. The second kappa shape index (κ2) is 12.0. The van der Waals surface area contributed by atoms with Crippen molar-refractivity contribution in [1.82, 2.24) is 0 Å². The zero-order valence-electron chi connectivity index (χ0n) is 13.3. The second-order valence-electron chi connectivity index (χ2n) is 5.59. The summed E-state index contributed by atoms with van der Waals surface area (Å²) >= 11 is 0. The minimum Gasteiger partial charge on any atom is -0.464 e. The maximum Gasteiger partial charge on any atom is 0.305 e. The zero-order chi connectivity index (χ0) is 16.1. The van der Waals surface area contributed by atoms with Crippen molar-refractivity contribution < 1.29 is 22.5 Å². The van der Waals surface area contributed by atoms with Gasteiger partial charge in [-0.1, -0.05) is 58.3 Å². The third-order valence-corrected chi connectivity index (χ3v) is 4.62. The Morgan fingerprint density at radius 2 is 1.48 bits per heavy atom. The van der Waals surface area contributed by atoms with Crippen molar-refractivity contribution in [1.29, 1.82) is 0 Å². The lowest BCUT2D eigenvalue weighted by atomic mass is 10.1. The van der Waals surface area contributed by atoms with E-state index in [1.165, 1.54) is 45.4 Å². The van der Waals surface area contributed by atoms with Gasteiger partial charge in [0, 0.05) is 6.42 Å². The first-order valence-corrected chi connectivity index (χ1v) is 9.50. The molecule has 0 aliphatic heterocycles. The molecule has 0 fully saturated rings. The molecule has 126 valence electrons. The third kappa shape index (κ3) is 12.8. The lowest BCUT2D eigenvalue weighted by Gasteiger charge is -2.09. The van der Waals surface area contributed by atoms with Gasteiger partial charge in [-0.2, -0.15) is 8.42 Å². The fraction of sp³-hybridized carbons (Fsp3) is 0.933. The van der Waals surface area contributed by atoms with Gasteiger partial charge in [-0.15, -0.1) is 0 Å². The number of carbonyl (C=O) groups is 1. The van der Waals surface area contributed by atoms with Gasteiger partial charge in [0.25, 0.3) is 10.1 Å². The van der Waals surface area contributed by atoms with E-state index < -0.39 is 21.3 Å². The lowest BCUT2D eigenvalue weighted by molar-refractivity contribution is -0.143. The molecule has 0 aromatic rings. The number of esters is 1. The van der Waals surface area contributed by atoms with Crippen LogP contribution in [0.15, 0.2) is 0 Å². The highest BCUT2D eigenvalue weighted by molar-refractivity contribution is 7.86. The molecule has 1 N–H and O–H groups in total. The molecule has 0 aromatic heterocycles. The van der Waals surface area contributed by atoms with Crippen LogP contribution in [0.1, 0.15) is 78.1 Å². The van der Waals surface area contributed by atoms with Crippen LogP contribution in [-0.2, 0) is 19.6 Å². The summed E-state index contributed by atoms with van der Waals surface area (Å²) in [5.74, 6) is -0.395. The Bertz CT molecular complexity index is 364. The molecule has 0 amide bonds. The highest BCUT2D eigenvalue weighted by atomic mass is 32.2. The summed E-state index contributed by atoms with van der Waals surface area (Å²) in [7, 11) is -4.12. The molecule has 0 aromatic carbocycles. The molecule has 0 aliphatic rings. The minimum absolute atomic E-state index is 0.283. The minimum atomic E-state index is -4.12. The van der Waals surface area contributed by atoms with Gasteiger partial charge in [0.05, 0.1) is 0 Å². The molecule has 1 atom stereocenters. The van der Waals surface area contributed by atoms with Crippen LogP contribution in [0, 0.1) is 0 Å². The standard InChI is InChI=1S/C15H30O5S/c1-3-4-5-6-7-8-9-10-11-12-15(16)20-13-14(2)21(17,18)19/h14H,3-13H2,1-2H3,(H,17,18,19). The molecule has 0 spiro atoms.